The van der Waals surface area contributed by atoms with Crippen LogP contribution in [0, 0.1) is 0 Å². The van der Waals surface area contributed by atoms with Gasteiger partial charge in [-0.05, 0) is 48.0 Å². The van der Waals surface area contributed by atoms with Gasteiger partial charge in [-0.15, -0.1) is 0 Å². The zero-order valence-corrected chi connectivity index (χ0v) is 13.0. The van der Waals surface area contributed by atoms with Crippen molar-refractivity contribution in [2.45, 2.75) is 12.2 Å². The van der Waals surface area contributed by atoms with Gasteiger partial charge in [0.25, 0.3) is 0 Å². The van der Waals surface area contributed by atoms with Gasteiger partial charge in [0, 0.05) is 23.7 Å². The van der Waals surface area contributed by atoms with Gasteiger partial charge >= 0.3 is 0 Å². The van der Waals surface area contributed by atoms with E-state index in [1.807, 2.05) is 48.5 Å². The third-order valence-electron chi connectivity index (χ3n) is 2.84. The number of hydrogen-bond acceptors (Lipinski definition) is 4. The molecule has 0 radical (unpaired) electrons. The predicted octanol–water partition coefficient (Wildman–Crippen LogP) is 3.24. The molecule has 21 heavy (non-hydrogen) atoms. The van der Waals surface area contributed by atoms with Crippen molar-refractivity contribution in [3.8, 4) is 0 Å². The Morgan fingerprint density at radius 2 is 1.38 bits per heavy atom. The van der Waals surface area contributed by atoms with Gasteiger partial charge < -0.3 is 16.8 Å². The molecule has 2 rings (SSSR count). The fourth-order valence-corrected chi connectivity index (χ4v) is 1.84. The Morgan fingerprint density at radius 3 is 1.81 bits per heavy atom. The highest BCUT2D eigenvalue weighted by atomic mass is 32.1. The third kappa shape index (κ3) is 7.32. The average molecular weight is 301 g/mol. The van der Waals surface area contributed by atoms with E-state index in [0.717, 1.165) is 30.1 Å². The Balaban J connectivity index is 0.000000219. The van der Waals surface area contributed by atoms with E-state index in [2.05, 4.69) is 24.5 Å². The van der Waals surface area contributed by atoms with Gasteiger partial charge in [0.2, 0.25) is 0 Å². The van der Waals surface area contributed by atoms with Crippen LogP contribution in [0.15, 0.2) is 61.3 Å². The van der Waals surface area contributed by atoms with Crippen LogP contribution in [0.4, 0.5) is 11.4 Å². The SMILES string of the molecule is C=CNCCc1ccc(N)cc1.Nc1ccc(CS)cc1. The van der Waals surface area contributed by atoms with Crippen molar-refractivity contribution in [3.05, 3.63) is 72.4 Å². The molecule has 0 bridgehead atoms. The summed E-state index contributed by atoms with van der Waals surface area (Å²) in [4.78, 5) is 0. The minimum absolute atomic E-state index is 0.778. The summed E-state index contributed by atoms with van der Waals surface area (Å²) in [5.41, 5.74) is 15.1. The van der Waals surface area contributed by atoms with E-state index in [4.69, 9.17) is 11.5 Å². The summed E-state index contributed by atoms with van der Waals surface area (Å²) in [5, 5.41) is 3.04. The smallest absolute Gasteiger partial charge is 0.0314 e. The van der Waals surface area contributed by atoms with Gasteiger partial charge in [-0.2, -0.15) is 12.6 Å². The van der Waals surface area contributed by atoms with Gasteiger partial charge in [0.15, 0.2) is 0 Å². The average Bonchev–Trinajstić information content (AvgIpc) is 2.51. The summed E-state index contributed by atoms with van der Waals surface area (Å²) in [5.74, 6) is 0.778. The van der Waals surface area contributed by atoms with Crippen molar-refractivity contribution in [1.82, 2.24) is 5.32 Å². The van der Waals surface area contributed by atoms with Crippen LogP contribution in [-0.2, 0) is 12.2 Å². The molecule has 0 aromatic heterocycles. The molecule has 2 aromatic rings. The molecule has 0 saturated heterocycles. The number of rotatable bonds is 5. The first kappa shape index (κ1) is 17.0. The molecule has 0 amide bonds. The van der Waals surface area contributed by atoms with E-state index < -0.39 is 0 Å². The van der Waals surface area contributed by atoms with Crippen molar-refractivity contribution < 1.29 is 0 Å². The molecular weight excluding hydrogens is 278 g/mol. The highest BCUT2D eigenvalue weighted by Gasteiger charge is 1.90. The summed E-state index contributed by atoms with van der Waals surface area (Å²) in [6.07, 6.45) is 2.71. The Morgan fingerprint density at radius 1 is 0.905 bits per heavy atom. The second kappa shape index (κ2) is 9.77. The maximum absolute atomic E-state index is 5.55. The van der Waals surface area contributed by atoms with Crippen LogP contribution in [0.5, 0.6) is 0 Å². The highest BCUT2D eigenvalue weighted by molar-refractivity contribution is 7.79. The van der Waals surface area contributed by atoms with E-state index in [0.29, 0.717) is 0 Å². The van der Waals surface area contributed by atoms with Gasteiger partial charge in [-0.25, -0.2) is 0 Å². The van der Waals surface area contributed by atoms with E-state index >= 15 is 0 Å². The lowest BCUT2D eigenvalue weighted by molar-refractivity contribution is 0.834. The Hall–Kier alpha value is -2.07. The molecule has 3 nitrogen and oxygen atoms in total. The van der Waals surface area contributed by atoms with Gasteiger partial charge in [-0.1, -0.05) is 30.8 Å². The lowest BCUT2D eigenvalue weighted by atomic mass is 10.1. The monoisotopic (exact) mass is 301 g/mol. The maximum Gasteiger partial charge on any atom is 0.0314 e. The number of nitrogen functional groups attached to an aromatic ring is 2. The number of anilines is 2. The topological polar surface area (TPSA) is 64.1 Å². The molecule has 0 fully saturated rings. The first-order valence-corrected chi connectivity index (χ1v) is 7.43. The molecule has 2 aromatic carbocycles. The number of nitrogens with two attached hydrogens (primary N) is 2. The summed E-state index contributed by atoms with van der Waals surface area (Å²) >= 11 is 4.10. The lowest BCUT2D eigenvalue weighted by Crippen LogP contribution is -2.08. The van der Waals surface area contributed by atoms with E-state index in [1.165, 1.54) is 11.1 Å². The molecule has 0 spiro atoms. The maximum atomic E-state index is 5.55. The number of nitrogens with one attached hydrogen (secondary N) is 1. The summed E-state index contributed by atoms with van der Waals surface area (Å²) < 4.78 is 0. The Labute approximate surface area is 132 Å². The quantitative estimate of drug-likeness (QED) is 0.389. The number of thiol groups is 1. The molecule has 5 N–H and O–H groups in total. The summed E-state index contributed by atoms with van der Waals surface area (Å²) in [7, 11) is 0. The van der Waals surface area contributed by atoms with Gasteiger partial charge in [0.1, 0.15) is 0 Å². The fraction of sp³-hybridized carbons (Fsp3) is 0.176. The zero-order chi connectivity index (χ0) is 15.5. The van der Waals surface area contributed by atoms with Crippen molar-refractivity contribution in [2.24, 2.45) is 0 Å². The first-order chi connectivity index (χ1) is 10.2. The van der Waals surface area contributed by atoms with Crippen LogP contribution in [0.2, 0.25) is 0 Å². The molecule has 112 valence electrons. The molecule has 4 heteroatoms. The number of hydrogen-bond donors (Lipinski definition) is 4. The fourth-order valence-electron chi connectivity index (χ4n) is 1.63. The molecule has 0 aliphatic carbocycles. The van der Waals surface area contributed by atoms with Crippen molar-refractivity contribution in [3.63, 3.8) is 0 Å². The van der Waals surface area contributed by atoms with Gasteiger partial charge in [0.05, 0.1) is 0 Å². The minimum Gasteiger partial charge on any atom is -0.399 e. The predicted molar refractivity (Wildman–Crippen MR) is 96.3 cm³/mol. The molecule has 0 atom stereocenters. The van der Waals surface area contributed by atoms with E-state index in [1.54, 1.807) is 6.20 Å². The Bertz CT molecular complexity index is 521. The largest absolute Gasteiger partial charge is 0.399 e. The summed E-state index contributed by atoms with van der Waals surface area (Å²) in [6.45, 7) is 4.50. The normalized spacial score (nSPS) is 9.38. The number of benzene rings is 2. The molecule has 0 saturated carbocycles. The van der Waals surface area contributed by atoms with E-state index in [-0.39, 0.29) is 0 Å². The highest BCUT2D eigenvalue weighted by Crippen LogP contribution is 2.06. The second-order valence-corrected chi connectivity index (χ2v) is 4.87. The molecule has 0 aliphatic rings. The van der Waals surface area contributed by atoms with Crippen LogP contribution >= 0.6 is 12.6 Å². The van der Waals surface area contributed by atoms with Crippen LogP contribution < -0.4 is 16.8 Å². The van der Waals surface area contributed by atoms with Crippen molar-refractivity contribution in [1.29, 1.82) is 0 Å². The van der Waals surface area contributed by atoms with Crippen LogP contribution in [0.1, 0.15) is 11.1 Å². The zero-order valence-electron chi connectivity index (χ0n) is 12.1. The van der Waals surface area contributed by atoms with E-state index in [9.17, 15) is 0 Å². The Kier molecular flexibility index (Phi) is 7.90. The second-order valence-electron chi connectivity index (χ2n) is 4.55. The molecule has 0 heterocycles. The summed E-state index contributed by atoms with van der Waals surface area (Å²) in [6, 6.07) is 15.6. The lowest BCUT2D eigenvalue weighted by Gasteiger charge is -2.01. The first-order valence-electron chi connectivity index (χ1n) is 6.79. The molecule has 0 aliphatic heterocycles. The van der Waals surface area contributed by atoms with Crippen LogP contribution in [0.3, 0.4) is 0 Å². The van der Waals surface area contributed by atoms with Gasteiger partial charge in [-0.3, -0.25) is 0 Å². The third-order valence-corrected chi connectivity index (χ3v) is 3.21. The van der Waals surface area contributed by atoms with Crippen molar-refractivity contribution >= 4 is 24.0 Å². The van der Waals surface area contributed by atoms with Crippen LogP contribution in [0.25, 0.3) is 0 Å². The minimum atomic E-state index is 0.778. The molecule has 0 unspecified atom stereocenters. The van der Waals surface area contributed by atoms with Crippen LogP contribution in [-0.4, -0.2) is 6.54 Å². The van der Waals surface area contributed by atoms with Crippen molar-refractivity contribution in [2.75, 3.05) is 18.0 Å². The standard InChI is InChI=1S/C10H14N2.C7H9NS/c1-2-12-8-7-9-3-5-10(11)6-4-9;8-7-3-1-6(5-9)2-4-7/h2-6,12H,1,7-8,11H2;1-4,9H,5,8H2. The molecular formula is C17H23N3S.